The Morgan fingerprint density at radius 2 is 2.17 bits per heavy atom. The van der Waals surface area contributed by atoms with Gasteiger partial charge in [0.1, 0.15) is 24.0 Å². The van der Waals surface area contributed by atoms with Crippen LogP contribution in [0.15, 0.2) is 41.0 Å². The van der Waals surface area contributed by atoms with E-state index in [2.05, 4.69) is 26.2 Å². The van der Waals surface area contributed by atoms with E-state index in [1.165, 1.54) is 6.07 Å². The third-order valence-corrected chi connectivity index (χ3v) is 3.02. The number of ether oxygens (including phenoxy) is 1. The third-order valence-electron chi connectivity index (χ3n) is 2.38. The normalized spacial score (nSPS) is 10.2. The summed E-state index contributed by atoms with van der Waals surface area (Å²) < 4.78 is 19.2. The Morgan fingerprint density at radius 3 is 2.89 bits per heavy atom. The molecule has 0 saturated heterocycles. The zero-order chi connectivity index (χ0) is 13.0. The smallest absolute Gasteiger partial charge is 0.141 e. The molecule has 3 nitrogen and oxygen atoms in total. The highest BCUT2D eigenvalue weighted by Gasteiger charge is 2.02. The lowest BCUT2D eigenvalue weighted by atomic mass is 10.3. The summed E-state index contributed by atoms with van der Waals surface area (Å²) in [6.45, 7) is 0.373. The molecule has 94 valence electrons. The molecule has 2 rings (SSSR count). The summed E-state index contributed by atoms with van der Waals surface area (Å²) in [5.41, 5.74) is 0.970. The van der Waals surface area contributed by atoms with Crippen molar-refractivity contribution in [1.82, 2.24) is 4.98 Å². The number of anilines is 1. The molecule has 0 radical (unpaired) electrons. The van der Waals surface area contributed by atoms with E-state index < -0.39 is 0 Å². The zero-order valence-corrected chi connectivity index (χ0v) is 11.4. The van der Waals surface area contributed by atoms with Crippen LogP contribution in [-0.4, -0.2) is 12.0 Å². The maximum atomic E-state index is 13.3. The van der Waals surface area contributed by atoms with Crippen molar-refractivity contribution in [3.63, 3.8) is 0 Å². The largest absolute Gasteiger partial charge is 0.489 e. The van der Waals surface area contributed by atoms with E-state index in [1.54, 1.807) is 25.4 Å². The van der Waals surface area contributed by atoms with Crippen LogP contribution in [0.3, 0.4) is 0 Å². The molecular formula is C13H12BrFN2O. The van der Waals surface area contributed by atoms with E-state index >= 15 is 0 Å². The third kappa shape index (κ3) is 3.20. The van der Waals surface area contributed by atoms with Crippen molar-refractivity contribution in [2.75, 3.05) is 12.4 Å². The fourth-order valence-electron chi connectivity index (χ4n) is 1.43. The van der Waals surface area contributed by atoms with E-state index in [4.69, 9.17) is 4.74 Å². The Labute approximate surface area is 113 Å². The molecule has 0 aliphatic heterocycles. The molecular weight excluding hydrogens is 299 g/mol. The van der Waals surface area contributed by atoms with Crippen molar-refractivity contribution in [1.29, 1.82) is 0 Å². The minimum Gasteiger partial charge on any atom is -0.489 e. The molecule has 0 unspecified atom stereocenters. The molecule has 1 heterocycles. The lowest BCUT2D eigenvalue weighted by Crippen LogP contribution is -1.98. The van der Waals surface area contributed by atoms with Crippen molar-refractivity contribution in [2.24, 2.45) is 0 Å². The van der Waals surface area contributed by atoms with Crippen LogP contribution >= 0.6 is 15.9 Å². The fourth-order valence-corrected chi connectivity index (χ4v) is 1.68. The first-order chi connectivity index (χ1) is 8.69. The predicted molar refractivity (Wildman–Crippen MR) is 72.2 cm³/mol. The number of hydrogen-bond acceptors (Lipinski definition) is 3. The van der Waals surface area contributed by atoms with E-state index in [-0.39, 0.29) is 5.82 Å². The SMILES string of the molecule is CNc1cc(COc2ccc(Br)c(F)c2)ccn1. The molecule has 2 aromatic rings. The van der Waals surface area contributed by atoms with Gasteiger partial charge in [-0.3, -0.25) is 0 Å². The molecule has 0 saturated carbocycles. The van der Waals surface area contributed by atoms with Gasteiger partial charge in [-0.25, -0.2) is 9.37 Å². The summed E-state index contributed by atoms with van der Waals surface area (Å²) in [6.07, 6.45) is 1.70. The lowest BCUT2D eigenvalue weighted by Gasteiger charge is -2.08. The topological polar surface area (TPSA) is 34.1 Å². The number of hydrogen-bond donors (Lipinski definition) is 1. The molecule has 0 fully saturated rings. The predicted octanol–water partition coefficient (Wildman–Crippen LogP) is 3.60. The Morgan fingerprint density at radius 1 is 1.33 bits per heavy atom. The van der Waals surface area contributed by atoms with Crippen molar-refractivity contribution >= 4 is 21.7 Å². The van der Waals surface area contributed by atoms with Gasteiger partial charge in [0.05, 0.1) is 4.47 Å². The highest BCUT2D eigenvalue weighted by atomic mass is 79.9. The number of benzene rings is 1. The molecule has 18 heavy (non-hydrogen) atoms. The van der Waals surface area contributed by atoms with Crippen LogP contribution in [0.4, 0.5) is 10.2 Å². The molecule has 1 N–H and O–H groups in total. The number of aromatic nitrogens is 1. The highest BCUT2D eigenvalue weighted by molar-refractivity contribution is 9.10. The van der Waals surface area contributed by atoms with Crippen LogP contribution in [-0.2, 0) is 6.61 Å². The van der Waals surface area contributed by atoms with Gasteiger partial charge in [-0.2, -0.15) is 0 Å². The average molecular weight is 311 g/mol. The van der Waals surface area contributed by atoms with Gasteiger partial charge in [0.15, 0.2) is 0 Å². The first-order valence-electron chi connectivity index (χ1n) is 5.39. The first kappa shape index (κ1) is 12.8. The maximum Gasteiger partial charge on any atom is 0.141 e. The summed E-state index contributed by atoms with van der Waals surface area (Å²) in [6, 6.07) is 8.43. The van der Waals surface area contributed by atoms with Crippen LogP contribution < -0.4 is 10.1 Å². The Balaban J connectivity index is 2.04. The molecule has 5 heteroatoms. The number of rotatable bonds is 4. The van der Waals surface area contributed by atoms with Gasteiger partial charge >= 0.3 is 0 Å². The van der Waals surface area contributed by atoms with Crippen LogP contribution in [0, 0.1) is 5.82 Å². The van der Waals surface area contributed by atoms with Crippen molar-refractivity contribution in [3.05, 3.63) is 52.4 Å². The molecule has 0 bridgehead atoms. The van der Waals surface area contributed by atoms with Crippen LogP contribution in [0.1, 0.15) is 5.56 Å². The quantitative estimate of drug-likeness (QED) is 0.937. The van der Waals surface area contributed by atoms with E-state index in [0.717, 1.165) is 11.4 Å². The average Bonchev–Trinajstić information content (AvgIpc) is 2.40. The summed E-state index contributed by atoms with van der Waals surface area (Å²) in [7, 11) is 1.80. The van der Waals surface area contributed by atoms with Crippen molar-refractivity contribution in [2.45, 2.75) is 6.61 Å². The molecule has 0 atom stereocenters. The monoisotopic (exact) mass is 310 g/mol. The molecule has 1 aromatic carbocycles. The standard InChI is InChI=1S/C13H12BrFN2O/c1-16-13-6-9(4-5-17-13)8-18-10-2-3-11(14)12(15)7-10/h2-7H,8H2,1H3,(H,16,17). The Kier molecular flexibility index (Phi) is 4.15. The summed E-state index contributed by atoms with van der Waals surface area (Å²) in [5.74, 6) is 0.940. The number of halogens is 2. The minimum absolute atomic E-state index is 0.335. The zero-order valence-electron chi connectivity index (χ0n) is 9.78. The second-order valence-corrected chi connectivity index (χ2v) is 4.52. The van der Waals surface area contributed by atoms with E-state index in [1.807, 2.05) is 12.1 Å². The number of nitrogens with zero attached hydrogens (tertiary/aromatic N) is 1. The summed E-state index contributed by atoms with van der Waals surface area (Å²) in [4.78, 5) is 4.11. The Hall–Kier alpha value is -1.62. The summed E-state index contributed by atoms with van der Waals surface area (Å²) in [5, 5.41) is 2.95. The molecule has 0 aliphatic rings. The van der Waals surface area contributed by atoms with E-state index in [0.29, 0.717) is 16.8 Å². The minimum atomic E-state index is -0.335. The molecule has 0 aliphatic carbocycles. The van der Waals surface area contributed by atoms with Gasteiger partial charge in [0.2, 0.25) is 0 Å². The summed E-state index contributed by atoms with van der Waals surface area (Å²) >= 11 is 3.10. The highest BCUT2D eigenvalue weighted by Crippen LogP contribution is 2.21. The second kappa shape index (κ2) is 5.82. The molecule has 1 aromatic heterocycles. The van der Waals surface area contributed by atoms with Gasteiger partial charge in [-0.05, 0) is 45.8 Å². The number of pyridine rings is 1. The number of nitrogens with one attached hydrogen (secondary N) is 1. The maximum absolute atomic E-state index is 13.3. The van der Waals surface area contributed by atoms with Gasteiger partial charge < -0.3 is 10.1 Å². The van der Waals surface area contributed by atoms with Gasteiger partial charge in [-0.15, -0.1) is 0 Å². The van der Waals surface area contributed by atoms with Gasteiger partial charge in [-0.1, -0.05) is 0 Å². The molecule has 0 spiro atoms. The fraction of sp³-hybridized carbons (Fsp3) is 0.154. The van der Waals surface area contributed by atoms with E-state index in [9.17, 15) is 4.39 Å². The van der Waals surface area contributed by atoms with Crippen molar-refractivity contribution < 1.29 is 9.13 Å². The molecule has 0 amide bonds. The van der Waals surface area contributed by atoms with Crippen molar-refractivity contribution in [3.8, 4) is 5.75 Å². The first-order valence-corrected chi connectivity index (χ1v) is 6.19. The van der Waals surface area contributed by atoms with Crippen LogP contribution in [0.2, 0.25) is 0 Å². The van der Waals surface area contributed by atoms with Crippen LogP contribution in [0.5, 0.6) is 5.75 Å². The van der Waals surface area contributed by atoms with Gasteiger partial charge in [0.25, 0.3) is 0 Å². The Bertz CT molecular complexity index is 548. The second-order valence-electron chi connectivity index (χ2n) is 3.66. The van der Waals surface area contributed by atoms with Crippen LogP contribution in [0.25, 0.3) is 0 Å². The van der Waals surface area contributed by atoms with Gasteiger partial charge in [0, 0.05) is 19.3 Å². The lowest BCUT2D eigenvalue weighted by molar-refractivity contribution is 0.304.